The van der Waals surface area contributed by atoms with Crippen LogP contribution in [0.2, 0.25) is 0 Å². The summed E-state index contributed by atoms with van der Waals surface area (Å²) < 4.78 is 11.4. The van der Waals surface area contributed by atoms with E-state index in [4.69, 9.17) is 9.15 Å². The first kappa shape index (κ1) is 16.9. The van der Waals surface area contributed by atoms with Crippen molar-refractivity contribution < 1.29 is 9.15 Å². The third kappa shape index (κ3) is 5.36. The van der Waals surface area contributed by atoms with E-state index in [2.05, 4.69) is 24.9 Å². The summed E-state index contributed by atoms with van der Waals surface area (Å²) >= 11 is 0. The lowest BCUT2D eigenvalue weighted by molar-refractivity contribution is 0.243. The summed E-state index contributed by atoms with van der Waals surface area (Å²) in [5.41, 5.74) is 2.01. The molecule has 22 heavy (non-hydrogen) atoms. The van der Waals surface area contributed by atoms with Gasteiger partial charge in [0, 0.05) is 29.4 Å². The second-order valence-corrected chi connectivity index (χ2v) is 6.00. The maximum Gasteiger partial charge on any atom is 0.285 e. The zero-order chi connectivity index (χ0) is 15.6. The van der Waals surface area contributed by atoms with E-state index < -0.39 is 0 Å². The van der Waals surface area contributed by atoms with Crippen molar-refractivity contribution in [3.63, 3.8) is 0 Å². The van der Waals surface area contributed by atoms with Gasteiger partial charge in [-0.15, -0.1) is 0 Å². The van der Waals surface area contributed by atoms with Crippen LogP contribution < -0.4 is 4.74 Å². The lowest BCUT2D eigenvalue weighted by Gasteiger charge is -2.01. The van der Waals surface area contributed by atoms with Gasteiger partial charge in [0.15, 0.2) is 0 Å². The Bertz CT molecular complexity index is 547. The molecule has 0 aliphatic heterocycles. The highest BCUT2D eigenvalue weighted by molar-refractivity contribution is 5.78. The van der Waals surface area contributed by atoms with Crippen LogP contribution in [0.5, 0.6) is 5.95 Å². The second kappa shape index (κ2) is 9.50. The number of fused-ring (bicyclic) bond motifs is 1. The summed E-state index contributed by atoms with van der Waals surface area (Å²) in [7, 11) is 0. The van der Waals surface area contributed by atoms with Gasteiger partial charge in [0.05, 0.1) is 6.61 Å². The van der Waals surface area contributed by atoms with Gasteiger partial charge in [-0.25, -0.2) is 0 Å². The van der Waals surface area contributed by atoms with E-state index in [1.54, 1.807) is 0 Å². The Labute approximate surface area is 134 Å². The van der Waals surface area contributed by atoms with Crippen LogP contribution >= 0.6 is 0 Å². The fraction of sp³-hybridized carbons (Fsp3) is 0.632. The molecular formula is C19H29NO2. The average Bonchev–Trinajstić information content (AvgIpc) is 2.93. The number of pyridine rings is 1. The van der Waals surface area contributed by atoms with Crippen molar-refractivity contribution in [1.82, 2.24) is 4.98 Å². The molecule has 2 heterocycles. The van der Waals surface area contributed by atoms with Gasteiger partial charge < -0.3 is 9.15 Å². The number of nitrogens with zero attached hydrogens (tertiary/aromatic N) is 1. The van der Waals surface area contributed by atoms with Crippen molar-refractivity contribution in [2.75, 3.05) is 6.61 Å². The van der Waals surface area contributed by atoms with E-state index in [9.17, 15) is 0 Å². The third-order valence-corrected chi connectivity index (χ3v) is 3.96. The van der Waals surface area contributed by atoms with Crippen molar-refractivity contribution in [3.8, 4) is 5.95 Å². The van der Waals surface area contributed by atoms with Crippen LogP contribution in [0.15, 0.2) is 22.7 Å². The number of hydrogen-bond acceptors (Lipinski definition) is 3. The Kier molecular flexibility index (Phi) is 7.27. The monoisotopic (exact) mass is 303 g/mol. The standard InChI is InChI=1S/C19H29NO2/c1-3-5-7-8-9-11-17-14-18-16(15-20-17)13-19(22-18)21-12-10-6-4-2/h13-15H,3-12H2,1-2H3. The molecule has 0 amide bonds. The minimum absolute atomic E-state index is 0.619. The number of rotatable bonds is 11. The lowest BCUT2D eigenvalue weighted by atomic mass is 10.1. The number of furan rings is 1. The van der Waals surface area contributed by atoms with Gasteiger partial charge >= 0.3 is 0 Å². The smallest absolute Gasteiger partial charge is 0.285 e. The Balaban J connectivity index is 1.84. The predicted octanol–water partition coefficient (Wildman–Crippen LogP) is 5.91. The van der Waals surface area contributed by atoms with Crippen LogP contribution in [-0.2, 0) is 6.42 Å². The van der Waals surface area contributed by atoms with Crippen molar-refractivity contribution in [1.29, 1.82) is 0 Å². The molecule has 0 saturated carbocycles. The van der Waals surface area contributed by atoms with E-state index in [1.165, 1.54) is 44.9 Å². The molecule has 2 rings (SSSR count). The summed E-state index contributed by atoms with van der Waals surface area (Å²) in [6.07, 6.45) is 12.9. The molecule has 0 unspecified atom stereocenters. The Morgan fingerprint density at radius 3 is 2.55 bits per heavy atom. The normalized spacial score (nSPS) is 11.2. The molecular weight excluding hydrogens is 274 g/mol. The van der Waals surface area contributed by atoms with Gasteiger partial charge in [-0.3, -0.25) is 4.98 Å². The van der Waals surface area contributed by atoms with E-state index in [0.717, 1.165) is 36.1 Å². The largest absolute Gasteiger partial charge is 0.465 e. The molecule has 0 bridgehead atoms. The Hall–Kier alpha value is -1.51. The van der Waals surface area contributed by atoms with E-state index in [0.29, 0.717) is 5.95 Å². The van der Waals surface area contributed by atoms with Gasteiger partial charge in [0.25, 0.3) is 5.95 Å². The van der Waals surface area contributed by atoms with Crippen LogP contribution in [-0.4, -0.2) is 11.6 Å². The summed E-state index contributed by atoms with van der Waals surface area (Å²) in [5.74, 6) is 0.619. The van der Waals surface area contributed by atoms with Crippen molar-refractivity contribution in [2.45, 2.75) is 71.6 Å². The molecule has 0 fully saturated rings. The molecule has 0 radical (unpaired) electrons. The minimum Gasteiger partial charge on any atom is -0.465 e. The number of hydrogen-bond donors (Lipinski definition) is 0. The number of unbranched alkanes of at least 4 members (excludes halogenated alkanes) is 6. The van der Waals surface area contributed by atoms with E-state index in [1.807, 2.05) is 12.3 Å². The van der Waals surface area contributed by atoms with Crippen molar-refractivity contribution >= 4 is 11.0 Å². The molecule has 0 aliphatic rings. The molecule has 0 atom stereocenters. The van der Waals surface area contributed by atoms with Crippen LogP contribution in [0.25, 0.3) is 11.0 Å². The maximum absolute atomic E-state index is 5.77. The molecule has 2 aromatic heterocycles. The molecule has 0 spiro atoms. The molecule has 3 nitrogen and oxygen atoms in total. The Morgan fingerprint density at radius 2 is 1.73 bits per heavy atom. The molecule has 3 heteroatoms. The Morgan fingerprint density at radius 1 is 0.955 bits per heavy atom. The molecule has 0 saturated heterocycles. The lowest BCUT2D eigenvalue weighted by Crippen LogP contribution is -1.95. The molecule has 0 aliphatic carbocycles. The number of aryl methyl sites for hydroxylation is 1. The topological polar surface area (TPSA) is 35.3 Å². The zero-order valence-corrected chi connectivity index (χ0v) is 14.1. The van der Waals surface area contributed by atoms with Crippen molar-refractivity contribution in [3.05, 3.63) is 24.0 Å². The average molecular weight is 303 g/mol. The van der Waals surface area contributed by atoms with Gasteiger partial charge in [0.1, 0.15) is 5.58 Å². The maximum atomic E-state index is 5.77. The first-order chi connectivity index (χ1) is 10.8. The fourth-order valence-electron chi connectivity index (χ4n) is 2.59. The third-order valence-electron chi connectivity index (χ3n) is 3.96. The number of ether oxygens (including phenoxy) is 1. The van der Waals surface area contributed by atoms with Crippen LogP contribution in [0.3, 0.4) is 0 Å². The highest BCUT2D eigenvalue weighted by Gasteiger charge is 2.06. The summed E-state index contributed by atoms with van der Waals surface area (Å²) in [4.78, 5) is 4.53. The molecule has 2 aromatic rings. The predicted molar refractivity (Wildman–Crippen MR) is 91.5 cm³/mol. The number of aromatic nitrogens is 1. The summed E-state index contributed by atoms with van der Waals surface area (Å²) in [6, 6.07) is 4.01. The zero-order valence-electron chi connectivity index (χ0n) is 14.1. The van der Waals surface area contributed by atoms with Gasteiger partial charge in [-0.1, -0.05) is 52.4 Å². The SMILES string of the molecule is CCCCCCCc1cc2oc(OCCCCC)cc2cn1. The van der Waals surface area contributed by atoms with Crippen molar-refractivity contribution in [2.24, 2.45) is 0 Å². The fourth-order valence-corrected chi connectivity index (χ4v) is 2.59. The molecule has 122 valence electrons. The van der Waals surface area contributed by atoms with Crippen LogP contribution in [0, 0.1) is 0 Å². The molecule has 0 N–H and O–H groups in total. The minimum atomic E-state index is 0.619. The first-order valence-corrected chi connectivity index (χ1v) is 8.84. The van der Waals surface area contributed by atoms with E-state index in [-0.39, 0.29) is 0 Å². The first-order valence-electron chi connectivity index (χ1n) is 8.84. The quantitative estimate of drug-likeness (QED) is 0.484. The highest BCUT2D eigenvalue weighted by atomic mass is 16.6. The highest BCUT2D eigenvalue weighted by Crippen LogP contribution is 2.25. The van der Waals surface area contributed by atoms with Crippen LogP contribution in [0.1, 0.15) is 70.9 Å². The second-order valence-electron chi connectivity index (χ2n) is 6.00. The van der Waals surface area contributed by atoms with Gasteiger partial charge in [0.2, 0.25) is 0 Å². The summed E-state index contributed by atoms with van der Waals surface area (Å²) in [5, 5.41) is 1.03. The van der Waals surface area contributed by atoms with Gasteiger partial charge in [-0.05, 0) is 19.3 Å². The van der Waals surface area contributed by atoms with Crippen LogP contribution in [0.4, 0.5) is 0 Å². The van der Waals surface area contributed by atoms with Gasteiger partial charge in [-0.2, -0.15) is 0 Å². The van der Waals surface area contributed by atoms with E-state index >= 15 is 0 Å². The molecule has 0 aromatic carbocycles. The summed E-state index contributed by atoms with van der Waals surface area (Å²) in [6.45, 7) is 5.16.